The number of ether oxygens (including phenoxy) is 1. The molecule has 40 heavy (non-hydrogen) atoms. The van der Waals surface area contributed by atoms with Crippen LogP contribution in [0.3, 0.4) is 0 Å². The van der Waals surface area contributed by atoms with Crippen LogP contribution in [0.25, 0.3) is 0 Å². The van der Waals surface area contributed by atoms with E-state index in [1.807, 2.05) is 0 Å². The van der Waals surface area contributed by atoms with Gasteiger partial charge in [0.2, 0.25) is 0 Å². The van der Waals surface area contributed by atoms with Crippen LogP contribution in [0.15, 0.2) is 24.3 Å². The molecule has 0 radical (unpaired) electrons. The Bertz CT molecular complexity index is 610. The lowest BCUT2D eigenvalue weighted by molar-refractivity contribution is -0.147. The first kappa shape index (κ1) is 38.4. The molecule has 0 saturated heterocycles. The molecular formula is C36H66O4. The van der Waals surface area contributed by atoms with E-state index in [4.69, 9.17) is 9.84 Å². The van der Waals surface area contributed by atoms with Gasteiger partial charge in [0.05, 0.1) is 0 Å². The lowest BCUT2D eigenvalue weighted by Gasteiger charge is -2.15. The second kappa shape index (κ2) is 31.9. The van der Waals surface area contributed by atoms with Crippen molar-refractivity contribution in [2.45, 2.75) is 193 Å². The van der Waals surface area contributed by atoms with Gasteiger partial charge in [-0.25, -0.2) is 0 Å². The van der Waals surface area contributed by atoms with Crippen molar-refractivity contribution in [2.24, 2.45) is 0 Å². The van der Waals surface area contributed by atoms with Crippen LogP contribution >= 0.6 is 0 Å². The molecule has 0 aliphatic carbocycles. The molecule has 0 fully saturated rings. The van der Waals surface area contributed by atoms with Crippen molar-refractivity contribution < 1.29 is 19.4 Å². The number of carboxylic acids is 1. The zero-order valence-corrected chi connectivity index (χ0v) is 26.7. The number of carboxylic acid groups (broad SMARTS) is 1. The number of unbranched alkanes of at least 4 members (excludes halogenated alkanes) is 20. The van der Waals surface area contributed by atoms with Crippen molar-refractivity contribution in [3.05, 3.63) is 24.3 Å². The fourth-order valence-corrected chi connectivity index (χ4v) is 5.03. The van der Waals surface area contributed by atoms with E-state index in [0.29, 0.717) is 6.42 Å². The van der Waals surface area contributed by atoms with Gasteiger partial charge in [-0.15, -0.1) is 0 Å². The molecular weight excluding hydrogens is 496 g/mol. The molecule has 0 saturated carbocycles. The maximum atomic E-state index is 12.5. The normalized spacial score (nSPS) is 12.4. The molecule has 0 aromatic rings. The molecule has 0 spiro atoms. The summed E-state index contributed by atoms with van der Waals surface area (Å²) in [6, 6.07) is 0. The lowest BCUT2D eigenvalue weighted by atomic mass is 10.1. The molecule has 0 heterocycles. The molecule has 0 aliphatic rings. The van der Waals surface area contributed by atoms with Crippen molar-refractivity contribution in [3.63, 3.8) is 0 Å². The topological polar surface area (TPSA) is 63.6 Å². The average molecular weight is 563 g/mol. The summed E-state index contributed by atoms with van der Waals surface area (Å²) in [4.78, 5) is 23.1. The summed E-state index contributed by atoms with van der Waals surface area (Å²) in [5, 5.41) is 8.78. The van der Waals surface area contributed by atoms with E-state index >= 15 is 0 Å². The molecule has 1 N–H and O–H groups in total. The zero-order chi connectivity index (χ0) is 29.4. The van der Waals surface area contributed by atoms with Crippen molar-refractivity contribution in [1.82, 2.24) is 0 Å². The summed E-state index contributed by atoms with van der Waals surface area (Å²) >= 11 is 0. The van der Waals surface area contributed by atoms with Crippen molar-refractivity contribution in [3.8, 4) is 0 Å². The van der Waals surface area contributed by atoms with Crippen LogP contribution in [0.4, 0.5) is 0 Å². The Morgan fingerprint density at radius 3 is 1.52 bits per heavy atom. The molecule has 0 aliphatic heterocycles. The number of carbonyl (C=O) groups is 2. The van der Waals surface area contributed by atoms with Gasteiger partial charge in [-0.3, -0.25) is 9.59 Å². The molecule has 1 unspecified atom stereocenters. The van der Waals surface area contributed by atoms with Crippen molar-refractivity contribution in [2.75, 3.05) is 0 Å². The molecule has 0 aromatic heterocycles. The van der Waals surface area contributed by atoms with Crippen LogP contribution in [-0.4, -0.2) is 23.1 Å². The fourth-order valence-electron chi connectivity index (χ4n) is 5.03. The van der Waals surface area contributed by atoms with Gasteiger partial charge in [-0.05, 0) is 70.3 Å². The van der Waals surface area contributed by atoms with E-state index in [1.165, 1.54) is 109 Å². The summed E-state index contributed by atoms with van der Waals surface area (Å²) < 4.78 is 5.83. The third kappa shape index (κ3) is 31.0. The minimum absolute atomic E-state index is 0.0701. The van der Waals surface area contributed by atoms with E-state index in [2.05, 4.69) is 38.2 Å². The van der Waals surface area contributed by atoms with Crippen LogP contribution in [0.5, 0.6) is 0 Å². The summed E-state index contributed by atoms with van der Waals surface area (Å²) in [6.45, 7) is 4.49. The van der Waals surface area contributed by atoms with E-state index in [1.54, 1.807) is 0 Å². The van der Waals surface area contributed by atoms with E-state index in [0.717, 1.165) is 51.4 Å². The Kier molecular flexibility index (Phi) is 30.7. The predicted molar refractivity (Wildman–Crippen MR) is 172 cm³/mol. The fraction of sp³-hybridized carbons (Fsp3) is 0.833. The number of esters is 1. The molecule has 0 amide bonds. The Hall–Kier alpha value is -1.58. The van der Waals surface area contributed by atoms with Crippen molar-refractivity contribution in [1.29, 1.82) is 0 Å². The van der Waals surface area contributed by atoms with Gasteiger partial charge in [0.25, 0.3) is 0 Å². The molecule has 0 rings (SSSR count). The van der Waals surface area contributed by atoms with Crippen LogP contribution in [-0.2, 0) is 14.3 Å². The van der Waals surface area contributed by atoms with Gasteiger partial charge >= 0.3 is 11.9 Å². The second-order valence-electron chi connectivity index (χ2n) is 11.7. The maximum Gasteiger partial charge on any atom is 0.306 e. The number of hydrogen-bond donors (Lipinski definition) is 1. The summed E-state index contributed by atoms with van der Waals surface area (Å²) in [7, 11) is 0. The number of hydrogen-bond acceptors (Lipinski definition) is 3. The quantitative estimate of drug-likeness (QED) is 0.0518. The summed E-state index contributed by atoms with van der Waals surface area (Å²) in [5.74, 6) is -0.793. The third-order valence-corrected chi connectivity index (χ3v) is 7.63. The van der Waals surface area contributed by atoms with Crippen molar-refractivity contribution >= 4 is 11.9 Å². The Morgan fingerprint density at radius 2 is 0.975 bits per heavy atom. The monoisotopic (exact) mass is 562 g/mol. The van der Waals surface area contributed by atoms with Gasteiger partial charge in [-0.1, -0.05) is 128 Å². The first-order chi connectivity index (χ1) is 19.6. The summed E-state index contributed by atoms with van der Waals surface area (Å²) in [5.41, 5.74) is 0. The van der Waals surface area contributed by atoms with Crippen LogP contribution in [0, 0.1) is 0 Å². The highest BCUT2D eigenvalue weighted by Gasteiger charge is 2.11. The Balaban J connectivity index is 3.88. The SMILES string of the molecule is CCCCCC/C=C\C(CCCCCCC(=O)O)OC(=O)CCCCCCCCC/C=C\CCCCCCCC. The van der Waals surface area contributed by atoms with Gasteiger partial charge < -0.3 is 9.84 Å². The molecule has 1 atom stereocenters. The smallest absolute Gasteiger partial charge is 0.306 e. The minimum Gasteiger partial charge on any atom is -0.481 e. The van der Waals surface area contributed by atoms with Crippen LogP contribution in [0.1, 0.15) is 187 Å². The first-order valence-electron chi connectivity index (χ1n) is 17.3. The zero-order valence-electron chi connectivity index (χ0n) is 26.7. The number of allylic oxidation sites excluding steroid dienone is 3. The Labute approximate surface area is 248 Å². The van der Waals surface area contributed by atoms with Gasteiger partial charge in [0.1, 0.15) is 6.10 Å². The van der Waals surface area contributed by atoms with Gasteiger partial charge in [0, 0.05) is 12.8 Å². The highest BCUT2D eigenvalue weighted by atomic mass is 16.5. The second-order valence-corrected chi connectivity index (χ2v) is 11.7. The lowest BCUT2D eigenvalue weighted by Crippen LogP contribution is -2.16. The molecule has 4 nitrogen and oxygen atoms in total. The molecule has 0 aromatic carbocycles. The average Bonchev–Trinajstić information content (AvgIpc) is 2.93. The number of aliphatic carboxylic acids is 1. The predicted octanol–water partition coefficient (Wildman–Crippen LogP) is 11.7. The number of carbonyl (C=O) groups excluding carboxylic acids is 1. The molecule has 4 heteroatoms. The van der Waals surface area contributed by atoms with E-state index in [-0.39, 0.29) is 18.5 Å². The summed E-state index contributed by atoms with van der Waals surface area (Å²) in [6.07, 6.45) is 39.2. The third-order valence-electron chi connectivity index (χ3n) is 7.63. The Morgan fingerprint density at radius 1 is 0.550 bits per heavy atom. The molecule has 234 valence electrons. The first-order valence-corrected chi connectivity index (χ1v) is 17.3. The maximum absolute atomic E-state index is 12.5. The number of rotatable bonds is 31. The van der Waals surface area contributed by atoms with Gasteiger partial charge in [-0.2, -0.15) is 0 Å². The minimum atomic E-state index is -0.723. The highest BCUT2D eigenvalue weighted by Crippen LogP contribution is 2.15. The van der Waals surface area contributed by atoms with E-state index in [9.17, 15) is 9.59 Å². The highest BCUT2D eigenvalue weighted by molar-refractivity contribution is 5.69. The largest absolute Gasteiger partial charge is 0.481 e. The van der Waals surface area contributed by atoms with Crippen LogP contribution < -0.4 is 0 Å². The van der Waals surface area contributed by atoms with E-state index < -0.39 is 5.97 Å². The standard InChI is InChI=1S/C36H66O4/c1-3-5-7-9-11-12-13-14-15-16-17-18-19-20-21-23-29-33-36(39)40-34(30-26-22-10-8-6-4-2)31-27-24-25-28-32-35(37)38/h14-15,26,30,34H,3-13,16-25,27-29,31-33H2,1-2H3,(H,37,38)/b15-14-,30-26-. The van der Waals surface area contributed by atoms with Gasteiger partial charge in [0.15, 0.2) is 0 Å². The molecule has 0 bridgehead atoms. The van der Waals surface area contributed by atoms with Crippen LogP contribution in [0.2, 0.25) is 0 Å².